The van der Waals surface area contributed by atoms with Crippen molar-refractivity contribution < 1.29 is 19.0 Å². The van der Waals surface area contributed by atoms with Gasteiger partial charge in [-0.1, -0.05) is 0 Å². The lowest BCUT2D eigenvalue weighted by atomic mass is 10.2. The molecule has 1 unspecified atom stereocenters. The summed E-state index contributed by atoms with van der Waals surface area (Å²) in [5.41, 5.74) is 0.552. The summed E-state index contributed by atoms with van der Waals surface area (Å²) in [5, 5.41) is 11.4. The van der Waals surface area contributed by atoms with Crippen LogP contribution in [0.4, 0.5) is 0 Å². The van der Waals surface area contributed by atoms with Crippen LogP contribution in [0.2, 0.25) is 0 Å². The third-order valence-corrected chi connectivity index (χ3v) is 2.77. The minimum atomic E-state index is -0.219. The number of hydrogen-bond donors (Lipinski definition) is 1. The molecule has 1 N–H and O–H groups in total. The second-order valence-corrected chi connectivity index (χ2v) is 4.30. The van der Waals surface area contributed by atoms with Crippen LogP contribution < -0.4 is 10.1 Å². The summed E-state index contributed by atoms with van der Waals surface area (Å²) in [6.07, 6.45) is -0.0948. The first-order chi connectivity index (χ1) is 9.78. The van der Waals surface area contributed by atoms with Crippen molar-refractivity contribution in [2.75, 3.05) is 33.0 Å². The van der Waals surface area contributed by atoms with Gasteiger partial charge in [-0.2, -0.15) is 5.26 Å². The first kappa shape index (κ1) is 14.3. The highest BCUT2D eigenvalue weighted by atomic mass is 16.6. The molecule has 2 rings (SSSR count). The number of carbonyl (C=O) groups is 1. The van der Waals surface area contributed by atoms with Crippen molar-refractivity contribution in [1.29, 1.82) is 5.26 Å². The quantitative estimate of drug-likeness (QED) is 0.845. The molecule has 0 aromatic heterocycles. The molecule has 0 saturated carbocycles. The Bertz CT molecular complexity index is 475. The number of hydrogen-bond acceptors (Lipinski definition) is 5. The highest BCUT2D eigenvalue weighted by molar-refractivity contribution is 5.77. The lowest BCUT2D eigenvalue weighted by Crippen LogP contribution is -2.41. The molecule has 0 aliphatic carbocycles. The third kappa shape index (κ3) is 4.53. The maximum Gasteiger partial charge on any atom is 0.258 e. The molecule has 1 fully saturated rings. The predicted octanol–water partition coefficient (Wildman–Crippen LogP) is 0.469. The van der Waals surface area contributed by atoms with Crippen LogP contribution in [-0.4, -0.2) is 45.0 Å². The highest BCUT2D eigenvalue weighted by Crippen LogP contribution is 2.11. The van der Waals surface area contributed by atoms with Crippen LogP contribution in [0.15, 0.2) is 24.3 Å². The van der Waals surface area contributed by atoms with Crippen LogP contribution in [0, 0.1) is 11.3 Å². The van der Waals surface area contributed by atoms with E-state index in [-0.39, 0.29) is 18.6 Å². The average molecular weight is 276 g/mol. The second kappa shape index (κ2) is 7.48. The molecule has 0 bridgehead atoms. The van der Waals surface area contributed by atoms with Gasteiger partial charge in [0.05, 0.1) is 37.6 Å². The standard InChI is InChI=1S/C14H16N2O4/c15-7-11-1-3-12(4-2-11)20-10-14(17)16-8-13-9-18-5-6-19-13/h1-4,13H,5-6,8-10H2,(H,16,17). The van der Waals surface area contributed by atoms with Gasteiger partial charge in [0, 0.05) is 6.54 Å². The van der Waals surface area contributed by atoms with Gasteiger partial charge in [0.15, 0.2) is 6.61 Å². The molecular formula is C14H16N2O4. The van der Waals surface area contributed by atoms with E-state index in [2.05, 4.69) is 5.32 Å². The Morgan fingerprint density at radius 3 is 2.85 bits per heavy atom. The number of nitrogens with zero attached hydrogens (tertiary/aromatic N) is 1. The van der Waals surface area contributed by atoms with Crippen molar-refractivity contribution in [2.24, 2.45) is 0 Å². The molecule has 0 spiro atoms. The van der Waals surface area contributed by atoms with Crippen molar-refractivity contribution in [3.8, 4) is 11.8 Å². The van der Waals surface area contributed by atoms with Gasteiger partial charge in [0.25, 0.3) is 5.91 Å². The van der Waals surface area contributed by atoms with E-state index < -0.39 is 0 Å². The zero-order valence-corrected chi connectivity index (χ0v) is 11.0. The number of ether oxygens (including phenoxy) is 3. The minimum absolute atomic E-state index is 0.0700. The van der Waals surface area contributed by atoms with Crippen molar-refractivity contribution in [1.82, 2.24) is 5.32 Å². The number of rotatable bonds is 5. The van der Waals surface area contributed by atoms with Gasteiger partial charge < -0.3 is 19.5 Å². The van der Waals surface area contributed by atoms with E-state index >= 15 is 0 Å². The molecule has 1 aliphatic rings. The Morgan fingerprint density at radius 2 is 2.20 bits per heavy atom. The Hall–Kier alpha value is -2.10. The molecular weight excluding hydrogens is 260 g/mol. The molecule has 1 aliphatic heterocycles. The SMILES string of the molecule is N#Cc1ccc(OCC(=O)NCC2COCCO2)cc1. The Morgan fingerprint density at radius 1 is 1.40 bits per heavy atom. The van der Waals surface area contributed by atoms with Crippen LogP contribution in [0.25, 0.3) is 0 Å². The van der Waals surface area contributed by atoms with Gasteiger partial charge in [0.2, 0.25) is 0 Å². The maximum atomic E-state index is 11.6. The van der Waals surface area contributed by atoms with Gasteiger partial charge >= 0.3 is 0 Å². The van der Waals surface area contributed by atoms with E-state index in [0.29, 0.717) is 37.7 Å². The second-order valence-electron chi connectivity index (χ2n) is 4.30. The maximum absolute atomic E-state index is 11.6. The van der Waals surface area contributed by atoms with Crippen LogP contribution in [0.3, 0.4) is 0 Å². The minimum Gasteiger partial charge on any atom is -0.484 e. The molecule has 6 nitrogen and oxygen atoms in total. The summed E-state index contributed by atoms with van der Waals surface area (Å²) in [4.78, 5) is 11.6. The highest BCUT2D eigenvalue weighted by Gasteiger charge is 2.15. The van der Waals surface area contributed by atoms with E-state index in [0.717, 1.165) is 0 Å². The number of carbonyl (C=O) groups excluding carboxylic acids is 1. The molecule has 0 radical (unpaired) electrons. The number of nitriles is 1. The first-order valence-corrected chi connectivity index (χ1v) is 6.37. The smallest absolute Gasteiger partial charge is 0.258 e. The molecule has 1 heterocycles. The number of nitrogens with one attached hydrogen (secondary N) is 1. The van der Waals surface area contributed by atoms with E-state index in [9.17, 15) is 4.79 Å². The zero-order chi connectivity index (χ0) is 14.2. The van der Waals surface area contributed by atoms with Crippen LogP contribution in [-0.2, 0) is 14.3 Å². The van der Waals surface area contributed by atoms with Gasteiger partial charge in [-0.3, -0.25) is 4.79 Å². The van der Waals surface area contributed by atoms with E-state index in [1.807, 2.05) is 6.07 Å². The normalized spacial score (nSPS) is 18.1. The molecule has 20 heavy (non-hydrogen) atoms. The lowest BCUT2D eigenvalue weighted by Gasteiger charge is -2.23. The number of benzene rings is 1. The van der Waals surface area contributed by atoms with E-state index in [4.69, 9.17) is 19.5 Å². The zero-order valence-electron chi connectivity index (χ0n) is 11.0. The summed E-state index contributed by atoms with van der Waals surface area (Å²) in [7, 11) is 0. The van der Waals surface area contributed by atoms with Gasteiger partial charge in [-0.15, -0.1) is 0 Å². The number of amides is 1. The Kier molecular flexibility index (Phi) is 5.35. The van der Waals surface area contributed by atoms with Crippen molar-refractivity contribution in [2.45, 2.75) is 6.10 Å². The molecule has 1 atom stereocenters. The summed E-state index contributed by atoms with van der Waals surface area (Å²) in [6, 6.07) is 8.61. The summed E-state index contributed by atoms with van der Waals surface area (Å²) < 4.78 is 16.0. The molecule has 1 aromatic rings. The lowest BCUT2D eigenvalue weighted by molar-refractivity contribution is -0.125. The molecule has 1 amide bonds. The fourth-order valence-electron chi connectivity index (χ4n) is 1.71. The summed E-state index contributed by atoms with van der Waals surface area (Å²) in [6.45, 7) is 2.00. The van der Waals surface area contributed by atoms with Crippen molar-refractivity contribution in [3.05, 3.63) is 29.8 Å². The molecule has 6 heteroatoms. The molecule has 1 aromatic carbocycles. The van der Waals surface area contributed by atoms with Crippen LogP contribution in [0.1, 0.15) is 5.56 Å². The monoisotopic (exact) mass is 276 g/mol. The first-order valence-electron chi connectivity index (χ1n) is 6.37. The third-order valence-electron chi connectivity index (χ3n) is 2.77. The van der Waals surface area contributed by atoms with Crippen molar-refractivity contribution in [3.63, 3.8) is 0 Å². The Labute approximate surface area is 117 Å². The van der Waals surface area contributed by atoms with E-state index in [1.165, 1.54) is 0 Å². The fraction of sp³-hybridized carbons (Fsp3) is 0.429. The van der Waals surface area contributed by atoms with Crippen LogP contribution >= 0.6 is 0 Å². The summed E-state index contributed by atoms with van der Waals surface area (Å²) in [5.74, 6) is 0.333. The largest absolute Gasteiger partial charge is 0.484 e. The van der Waals surface area contributed by atoms with Crippen molar-refractivity contribution >= 4 is 5.91 Å². The van der Waals surface area contributed by atoms with Crippen LogP contribution in [0.5, 0.6) is 5.75 Å². The van der Waals surface area contributed by atoms with Gasteiger partial charge in [-0.05, 0) is 24.3 Å². The average Bonchev–Trinajstić information content (AvgIpc) is 2.52. The topological polar surface area (TPSA) is 80.6 Å². The predicted molar refractivity (Wildman–Crippen MR) is 70.2 cm³/mol. The molecule has 1 saturated heterocycles. The van der Waals surface area contributed by atoms with Gasteiger partial charge in [-0.25, -0.2) is 0 Å². The van der Waals surface area contributed by atoms with Gasteiger partial charge in [0.1, 0.15) is 5.75 Å². The fourth-order valence-corrected chi connectivity index (χ4v) is 1.71. The summed E-state index contributed by atoms with van der Waals surface area (Å²) >= 11 is 0. The van der Waals surface area contributed by atoms with E-state index in [1.54, 1.807) is 24.3 Å². The molecule has 106 valence electrons. The Balaban J connectivity index is 1.67.